The molecule has 1 aliphatic heterocycles. The molecule has 7 heteroatoms. The van der Waals surface area contributed by atoms with Gasteiger partial charge in [-0.1, -0.05) is 26.7 Å². The topological polar surface area (TPSA) is 100 Å². The first-order chi connectivity index (χ1) is 12.9. The number of unbranched alkanes of at least 4 members (excludes halogenated alkanes) is 3. The van der Waals surface area contributed by atoms with E-state index in [1.807, 2.05) is 18.2 Å². The Labute approximate surface area is 160 Å². The minimum absolute atomic E-state index is 0.0160. The summed E-state index contributed by atoms with van der Waals surface area (Å²) in [5.41, 5.74) is 4.27. The zero-order valence-electron chi connectivity index (χ0n) is 16.3. The van der Waals surface area contributed by atoms with Crippen LogP contribution in [0.3, 0.4) is 0 Å². The van der Waals surface area contributed by atoms with Gasteiger partial charge in [0.25, 0.3) is 0 Å². The van der Waals surface area contributed by atoms with E-state index in [-0.39, 0.29) is 17.2 Å². The first-order valence-electron chi connectivity index (χ1n) is 9.34. The Morgan fingerprint density at radius 3 is 2.44 bits per heavy atom. The van der Waals surface area contributed by atoms with Crippen molar-refractivity contribution < 1.29 is 19.5 Å². The Morgan fingerprint density at radius 2 is 1.81 bits per heavy atom. The smallest absolute Gasteiger partial charge is 0.243 e. The van der Waals surface area contributed by atoms with Gasteiger partial charge in [-0.2, -0.15) is 0 Å². The molecule has 1 heterocycles. The van der Waals surface area contributed by atoms with Crippen LogP contribution in [0.1, 0.15) is 64.4 Å². The zero-order valence-corrected chi connectivity index (χ0v) is 16.3. The molecule has 0 unspecified atom stereocenters. The van der Waals surface area contributed by atoms with E-state index in [2.05, 4.69) is 24.2 Å². The summed E-state index contributed by atoms with van der Waals surface area (Å²) in [5, 5.41) is 11.4. The van der Waals surface area contributed by atoms with Crippen molar-refractivity contribution in [3.8, 4) is 0 Å². The van der Waals surface area contributed by atoms with Gasteiger partial charge in [-0.25, -0.2) is 10.5 Å². The molecular formula is C20H29N3O4. The zero-order chi connectivity index (χ0) is 19.9. The van der Waals surface area contributed by atoms with Crippen LogP contribution in [0.15, 0.2) is 23.2 Å². The van der Waals surface area contributed by atoms with E-state index in [9.17, 15) is 9.59 Å². The lowest BCUT2D eigenvalue weighted by atomic mass is 9.78. The number of carbonyl (C=O) groups is 2. The Bertz CT molecular complexity index is 713. The SMILES string of the molecule is COC1=Nc2ccc(NC(=O)CCCCCCC(=O)NO)cc2C(C)(C)C1. The van der Waals surface area contributed by atoms with Crippen LogP contribution in [0.4, 0.5) is 11.4 Å². The molecule has 0 radical (unpaired) electrons. The van der Waals surface area contributed by atoms with Gasteiger partial charge in [0.05, 0.1) is 12.8 Å². The second-order valence-corrected chi connectivity index (χ2v) is 7.50. The van der Waals surface area contributed by atoms with Crippen molar-refractivity contribution in [1.82, 2.24) is 5.48 Å². The van der Waals surface area contributed by atoms with Gasteiger partial charge in [0.1, 0.15) is 0 Å². The van der Waals surface area contributed by atoms with E-state index in [0.29, 0.717) is 19.3 Å². The monoisotopic (exact) mass is 375 g/mol. The van der Waals surface area contributed by atoms with Crippen molar-refractivity contribution in [3.63, 3.8) is 0 Å². The van der Waals surface area contributed by atoms with Crippen molar-refractivity contribution in [2.24, 2.45) is 4.99 Å². The number of hydrogen-bond acceptors (Lipinski definition) is 5. The average Bonchev–Trinajstić information content (AvgIpc) is 2.64. The number of aliphatic imine (C=N–C) groups is 1. The molecule has 0 spiro atoms. The number of hydroxylamine groups is 1. The largest absolute Gasteiger partial charge is 0.484 e. The van der Waals surface area contributed by atoms with E-state index in [0.717, 1.165) is 48.5 Å². The molecule has 0 aliphatic carbocycles. The first-order valence-corrected chi connectivity index (χ1v) is 9.34. The molecule has 0 bridgehead atoms. The van der Waals surface area contributed by atoms with Crippen LogP contribution < -0.4 is 10.8 Å². The highest BCUT2D eigenvalue weighted by Gasteiger charge is 2.30. The molecule has 1 aromatic rings. The molecule has 148 valence electrons. The highest BCUT2D eigenvalue weighted by Crippen LogP contribution is 2.40. The van der Waals surface area contributed by atoms with Gasteiger partial charge in [-0.15, -0.1) is 0 Å². The molecule has 2 rings (SSSR count). The van der Waals surface area contributed by atoms with Crippen LogP contribution >= 0.6 is 0 Å². The maximum absolute atomic E-state index is 12.2. The third-order valence-electron chi connectivity index (χ3n) is 4.77. The Morgan fingerprint density at radius 1 is 1.15 bits per heavy atom. The van der Waals surface area contributed by atoms with Crippen LogP contribution in [-0.4, -0.2) is 30.0 Å². The van der Waals surface area contributed by atoms with E-state index in [1.165, 1.54) is 0 Å². The Hall–Kier alpha value is -2.41. The quantitative estimate of drug-likeness (QED) is 0.365. The lowest BCUT2D eigenvalue weighted by Crippen LogP contribution is -2.26. The number of nitrogens with one attached hydrogen (secondary N) is 2. The normalized spacial score (nSPS) is 14.7. The van der Waals surface area contributed by atoms with Gasteiger partial charge in [0.2, 0.25) is 11.8 Å². The second kappa shape index (κ2) is 9.50. The number of amides is 2. The van der Waals surface area contributed by atoms with Gasteiger partial charge >= 0.3 is 0 Å². The number of ether oxygens (including phenoxy) is 1. The molecule has 1 aromatic carbocycles. The molecule has 2 amide bonds. The summed E-state index contributed by atoms with van der Waals surface area (Å²) in [4.78, 5) is 27.6. The molecule has 1 aliphatic rings. The third-order valence-corrected chi connectivity index (χ3v) is 4.77. The summed E-state index contributed by atoms with van der Waals surface area (Å²) >= 11 is 0. The summed E-state index contributed by atoms with van der Waals surface area (Å²) in [6.45, 7) is 4.28. The number of methoxy groups -OCH3 is 1. The average molecular weight is 375 g/mol. The van der Waals surface area contributed by atoms with Crippen LogP contribution in [0.25, 0.3) is 0 Å². The van der Waals surface area contributed by atoms with E-state index in [1.54, 1.807) is 12.6 Å². The molecule has 0 aromatic heterocycles. The second-order valence-electron chi connectivity index (χ2n) is 7.50. The Kier molecular flexibility index (Phi) is 7.36. The van der Waals surface area contributed by atoms with Crippen molar-refractivity contribution in [2.45, 2.75) is 64.2 Å². The molecule has 0 fully saturated rings. The molecule has 0 atom stereocenters. The molecule has 0 saturated carbocycles. The van der Waals surface area contributed by atoms with Crippen molar-refractivity contribution >= 4 is 29.1 Å². The maximum atomic E-state index is 12.2. The predicted octanol–water partition coefficient (Wildman–Crippen LogP) is 3.83. The van der Waals surface area contributed by atoms with Gasteiger partial charge in [-0.3, -0.25) is 14.8 Å². The summed E-state index contributed by atoms with van der Waals surface area (Å²) in [6, 6.07) is 5.77. The van der Waals surface area contributed by atoms with Gasteiger partial charge in [0, 0.05) is 30.4 Å². The summed E-state index contributed by atoms with van der Waals surface area (Å²) < 4.78 is 5.32. The van der Waals surface area contributed by atoms with Gasteiger partial charge in [-0.05, 0) is 36.6 Å². The van der Waals surface area contributed by atoms with Gasteiger partial charge < -0.3 is 10.1 Å². The highest BCUT2D eigenvalue weighted by molar-refractivity contribution is 5.92. The van der Waals surface area contributed by atoms with Crippen molar-refractivity contribution in [1.29, 1.82) is 0 Å². The van der Waals surface area contributed by atoms with E-state index >= 15 is 0 Å². The summed E-state index contributed by atoms with van der Waals surface area (Å²) in [5.74, 6) is 0.337. The summed E-state index contributed by atoms with van der Waals surface area (Å²) in [6.07, 6.45) is 4.68. The summed E-state index contributed by atoms with van der Waals surface area (Å²) in [7, 11) is 1.63. The molecular weight excluding hydrogens is 346 g/mol. The van der Waals surface area contributed by atoms with Crippen LogP contribution in [-0.2, 0) is 19.7 Å². The molecule has 7 nitrogen and oxygen atoms in total. The fraction of sp³-hybridized carbons (Fsp3) is 0.550. The maximum Gasteiger partial charge on any atom is 0.243 e. The minimum Gasteiger partial charge on any atom is -0.484 e. The first kappa shape index (κ1) is 20.9. The number of rotatable bonds is 8. The number of benzene rings is 1. The lowest BCUT2D eigenvalue weighted by molar-refractivity contribution is -0.129. The fourth-order valence-corrected chi connectivity index (χ4v) is 3.22. The fourth-order valence-electron chi connectivity index (χ4n) is 3.22. The van der Waals surface area contributed by atoms with Crippen LogP contribution in [0.5, 0.6) is 0 Å². The molecule has 0 saturated heterocycles. The van der Waals surface area contributed by atoms with Crippen LogP contribution in [0.2, 0.25) is 0 Å². The van der Waals surface area contributed by atoms with Crippen molar-refractivity contribution in [2.75, 3.05) is 12.4 Å². The van der Waals surface area contributed by atoms with Gasteiger partial charge in [0.15, 0.2) is 5.90 Å². The predicted molar refractivity (Wildman–Crippen MR) is 104 cm³/mol. The third kappa shape index (κ3) is 6.06. The molecule has 27 heavy (non-hydrogen) atoms. The van der Waals surface area contributed by atoms with E-state index in [4.69, 9.17) is 9.94 Å². The standard InChI is InChI=1S/C20H29N3O4/c1-20(2)13-19(27-3)22-16-11-10-14(12-15(16)20)21-17(24)8-6-4-5-7-9-18(25)23-26/h10-12,26H,4-9,13H2,1-3H3,(H,21,24)(H,23,25). The number of carbonyl (C=O) groups excluding carboxylic acids is 2. The minimum atomic E-state index is -0.370. The number of anilines is 1. The van der Waals surface area contributed by atoms with E-state index < -0.39 is 0 Å². The number of nitrogens with zero attached hydrogens (tertiary/aromatic N) is 1. The molecule has 3 N–H and O–H groups in total. The van der Waals surface area contributed by atoms with Crippen molar-refractivity contribution in [3.05, 3.63) is 23.8 Å². The van der Waals surface area contributed by atoms with Crippen LogP contribution in [0, 0.1) is 0 Å². The number of fused-ring (bicyclic) bond motifs is 1. The lowest BCUT2D eigenvalue weighted by Gasteiger charge is -2.31. The number of hydrogen-bond donors (Lipinski definition) is 3. The highest BCUT2D eigenvalue weighted by atomic mass is 16.5. The Balaban J connectivity index is 1.83.